The predicted octanol–water partition coefficient (Wildman–Crippen LogP) is 2.95. The maximum absolute atomic E-state index is 9.82. The van der Waals surface area contributed by atoms with Crippen LogP contribution in [0.4, 0.5) is 0 Å². The zero-order valence-corrected chi connectivity index (χ0v) is 8.10. The lowest BCUT2D eigenvalue weighted by Crippen LogP contribution is -2.00. The quantitative estimate of drug-likeness (QED) is 0.705. The fourth-order valence-corrected chi connectivity index (χ4v) is 1.95. The SMILES string of the molecule is Oc1cc2c(c3ccccc13)C=CCO2. The van der Waals surface area contributed by atoms with Crippen molar-refractivity contribution in [2.75, 3.05) is 6.61 Å². The maximum Gasteiger partial charge on any atom is 0.131 e. The van der Waals surface area contributed by atoms with Crippen molar-refractivity contribution in [1.82, 2.24) is 0 Å². The second-order valence-electron chi connectivity index (χ2n) is 3.57. The van der Waals surface area contributed by atoms with Crippen molar-refractivity contribution in [1.29, 1.82) is 0 Å². The van der Waals surface area contributed by atoms with Gasteiger partial charge in [0.15, 0.2) is 0 Å². The highest BCUT2D eigenvalue weighted by molar-refractivity contribution is 5.97. The molecule has 0 bridgehead atoms. The van der Waals surface area contributed by atoms with Gasteiger partial charge in [0.05, 0.1) is 0 Å². The molecule has 0 atom stereocenters. The summed E-state index contributed by atoms with van der Waals surface area (Å²) < 4.78 is 5.47. The van der Waals surface area contributed by atoms with Crippen LogP contribution in [0.25, 0.3) is 16.8 Å². The largest absolute Gasteiger partial charge is 0.507 e. The van der Waals surface area contributed by atoms with Crippen LogP contribution in [0.2, 0.25) is 0 Å². The van der Waals surface area contributed by atoms with Crippen LogP contribution in [0, 0.1) is 0 Å². The summed E-state index contributed by atoms with van der Waals surface area (Å²) in [5, 5.41) is 11.7. The Labute approximate surface area is 87.4 Å². The average molecular weight is 198 g/mol. The summed E-state index contributed by atoms with van der Waals surface area (Å²) in [6.45, 7) is 0.574. The summed E-state index contributed by atoms with van der Waals surface area (Å²) in [5.74, 6) is 1.04. The Balaban J connectivity index is 2.46. The van der Waals surface area contributed by atoms with Gasteiger partial charge < -0.3 is 9.84 Å². The molecular weight excluding hydrogens is 188 g/mol. The monoisotopic (exact) mass is 198 g/mol. The summed E-state index contributed by atoms with van der Waals surface area (Å²) >= 11 is 0. The van der Waals surface area contributed by atoms with Gasteiger partial charge in [-0.3, -0.25) is 0 Å². The zero-order valence-electron chi connectivity index (χ0n) is 8.10. The van der Waals surface area contributed by atoms with E-state index >= 15 is 0 Å². The first-order valence-corrected chi connectivity index (χ1v) is 4.90. The number of benzene rings is 2. The Morgan fingerprint density at radius 2 is 1.93 bits per heavy atom. The molecule has 2 aromatic rings. The number of rotatable bonds is 0. The van der Waals surface area contributed by atoms with E-state index in [0.717, 1.165) is 22.1 Å². The number of hydrogen-bond donors (Lipinski definition) is 1. The van der Waals surface area contributed by atoms with Crippen LogP contribution in [0.5, 0.6) is 11.5 Å². The van der Waals surface area contributed by atoms with Crippen molar-refractivity contribution in [2.45, 2.75) is 0 Å². The molecule has 0 fully saturated rings. The van der Waals surface area contributed by atoms with Crippen molar-refractivity contribution >= 4 is 16.8 Å². The molecule has 1 aliphatic heterocycles. The minimum absolute atomic E-state index is 0.277. The van der Waals surface area contributed by atoms with Crippen LogP contribution >= 0.6 is 0 Å². The highest BCUT2D eigenvalue weighted by atomic mass is 16.5. The van der Waals surface area contributed by atoms with Gasteiger partial charge in [0.1, 0.15) is 18.1 Å². The molecule has 0 radical (unpaired) electrons. The molecule has 0 saturated carbocycles. The van der Waals surface area contributed by atoms with E-state index in [9.17, 15) is 5.11 Å². The topological polar surface area (TPSA) is 29.5 Å². The third-order valence-corrected chi connectivity index (χ3v) is 2.65. The Hall–Kier alpha value is -1.96. The van der Waals surface area contributed by atoms with Gasteiger partial charge in [0.2, 0.25) is 0 Å². The molecule has 2 aromatic carbocycles. The van der Waals surface area contributed by atoms with Gasteiger partial charge >= 0.3 is 0 Å². The number of aromatic hydroxyl groups is 1. The predicted molar refractivity (Wildman–Crippen MR) is 60.1 cm³/mol. The summed E-state index contributed by atoms with van der Waals surface area (Å²) in [5.41, 5.74) is 1.05. The molecule has 3 rings (SSSR count). The van der Waals surface area contributed by atoms with Crippen molar-refractivity contribution in [3.8, 4) is 11.5 Å². The molecule has 0 amide bonds. The van der Waals surface area contributed by atoms with Gasteiger partial charge in [-0.1, -0.05) is 30.3 Å². The highest BCUT2D eigenvalue weighted by Crippen LogP contribution is 2.37. The van der Waals surface area contributed by atoms with E-state index in [0.29, 0.717) is 6.61 Å². The number of ether oxygens (including phenoxy) is 1. The number of phenolic OH excluding ortho intramolecular Hbond substituents is 1. The Kier molecular flexibility index (Phi) is 1.68. The van der Waals surface area contributed by atoms with Gasteiger partial charge in [-0.25, -0.2) is 0 Å². The minimum Gasteiger partial charge on any atom is -0.507 e. The second kappa shape index (κ2) is 3.02. The van der Waals surface area contributed by atoms with Gasteiger partial charge in [-0.2, -0.15) is 0 Å². The second-order valence-corrected chi connectivity index (χ2v) is 3.57. The third-order valence-electron chi connectivity index (χ3n) is 2.65. The summed E-state index contributed by atoms with van der Waals surface area (Å²) in [4.78, 5) is 0. The van der Waals surface area contributed by atoms with Crippen molar-refractivity contribution < 1.29 is 9.84 Å². The lowest BCUT2D eigenvalue weighted by Gasteiger charge is -2.15. The number of fused-ring (bicyclic) bond motifs is 3. The fourth-order valence-electron chi connectivity index (χ4n) is 1.95. The fraction of sp³-hybridized carbons (Fsp3) is 0.0769. The van der Waals surface area contributed by atoms with Crippen molar-refractivity contribution in [3.05, 3.63) is 42.0 Å². The number of phenols is 1. The van der Waals surface area contributed by atoms with Crippen LogP contribution in [-0.4, -0.2) is 11.7 Å². The van der Waals surface area contributed by atoms with Gasteiger partial charge in [0.25, 0.3) is 0 Å². The molecule has 1 N–H and O–H groups in total. The summed E-state index contributed by atoms with van der Waals surface area (Å²) in [7, 11) is 0. The standard InChI is InChI=1S/C13H10O2/c14-12-8-13-11(6-3-7-15-13)9-4-1-2-5-10(9)12/h1-6,8,14H,7H2. The van der Waals surface area contributed by atoms with Crippen LogP contribution in [0.1, 0.15) is 5.56 Å². The maximum atomic E-state index is 9.82. The van der Waals surface area contributed by atoms with Gasteiger partial charge in [-0.05, 0) is 11.5 Å². The molecular formula is C13H10O2. The Morgan fingerprint density at radius 3 is 2.80 bits per heavy atom. The summed E-state index contributed by atoms with van der Waals surface area (Å²) in [6.07, 6.45) is 4.02. The molecule has 1 heterocycles. The van der Waals surface area contributed by atoms with Gasteiger partial charge in [-0.15, -0.1) is 0 Å². The number of hydrogen-bond acceptors (Lipinski definition) is 2. The molecule has 0 unspecified atom stereocenters. The zero-order chi connectivity index (χ0) is 10.3. The van der Waals surface area contributed by atoms with Crippen LogP contribution in [0.15, 0.2) is 36.4 Å². The van der Waals surface area contributed by atoms with E-state index in [1.807, 2.05) is 36.4 Å². The van der Waals surface area contributed by atoms with E-state index in [1.54, 1.807) is 6.07 Å². The van der Waals surface area contributed by atoms with E-state index in [-0.39, 0.29) is 5.75 Å². The first-order valence-electron chi connectivity index (χ1n) is 4.90. The Morgan fingerprint density at radius 1 is 1.13 bits per heavy atom. The van der Waals surface area contributed by atoms with E-state index in [4.69, 9.17) is 4.74 Å². The first-order chi connectivity index (χ1) is 7.36. The molecule has 15 heavy (non-hydrogen) atoms. The normalized spacial score (nSPS) is 13.6. The first kappa shape index (κ1) is 8.36. The van der Waals surface area contributed by atoms with E-state index in [1.165, 1.54) is 0 Å². The minimum atomic E-state index is 0.277. The average Bonchev–Trinajstić information content (AvgIpc) is 2.30. The molecule has 0 aromatic heterocycles. The lowest BCUT2D eigenvalue weighted by atomic mass is 10.0. The van der Waals surface area contributed by atoms with E-state index < -0.39 is 0 Å². The molecule has 0 aliphatic carbocycles. The van der Waals surface area contributed by atoms with Gasteiger partial charge in [0, 0.05) is 17.0 Å². The van der Waals surface area contributed by atoms with Crippen molar-refractivity contribution in [2.24, 2.45) is 0 Å². The van der Waals surface area contributed by atoms with Crippen LogP contribution < -0.4 is 4.74 Å². The van der Waals surface area contributed by atoms with E-state index in [2.05, 4.69) is 0 Å². The smallest absolute Gasteiger partial charge is 0.131 e. The molecule has 0 saturated heterocycles. The van der Waals surface area contributed by atoms with Crippen LogP contribution in [-0.2, 0) is 0 Å². The molecule has 74 valence electrons. The molecule has 2 nitrogen and oxygen atoms in total. The summed E-state index contributed by atoms with van der Waals surface area (Å²) in [6, 6.07) is 9.47. The molecule has 0 spiro atoms. The molecule has 2 heteroatoms. The highest BCUT2D eigenvalue weighted by Gasteiger charge is 2.12. The molecule has 1 aliphatic rings. The lowest BCUT2D eigenvalue weighted by molar-refractivity contribution is 0.356. The van der Waals surface area contributed by atoms with Crippen LogP contribution in [0.3, 0.4) is 0 Å². The Bertz CT molecular complexity index is 556. The third kappa shape index (κ3) is 1.18. The van der Waals surface area contributed by atoms with Crippen molar-refractivity contribution in [3.63, 3.8) is 0 Å².